The molecule has 1 fully saturated rings. The molecule has 26 heavy (non-hydrogen) atoms. The van der Waals surface area contributed by atoms with E-state index in [1.54, 1.807) is 24.5 Å². The van der Waals surface area contributed by atoms with E-state index in [0.717, 1.165) is 31.3 Å². The number of likely N-dealkylation sites (N-methyl/N-ethyl adjacent to an activating group) is 1. The van der Waals surface area contributed by atoms with Crippen LogP contribution in [0, 0.1) is 11.3 Å². The van der Waals surface area contributed by atoms with Gasteiger partial charge < -0.3 is 9.80 Å². The molecule has 1 aliphatic heterocycles. The van der Waals surface area contributed by atoms with Crippen molar-refractivity contribution in [3.8, 4) is 6.07 Å². The summed E-state index contributed by atoms with van der Waals surface area (Å²) in [5.41, 5.74) is 0.289. The maximum absolute atomic E-state index is 13.3. The van der Waals surface area contributed by atoms with Gasteiger partial charge in [-0.25, -0.2) is 0 Å². The van der Waals surface area contributed by atoms with Crippen LogP contribution >= 0.6 is 0 Å². The van der Waals surface area contributed by atoms with E-state index in [1.807, 2.05) is 24.0 Å². The van der Waals surface area contributed by atoms with Gasteiger partial charge in [0, 0.05) is 37.6 Å². The van der Waals surface area contributed by atoms with Gasteiger partial charge in [-0.15, -0.1) is 0 Å². The van der Waals surface area contributed by atoms with Gasteiger partial charge in [-0.1, -0.05) is 0 Å². The van der Waals surface area contributed by atoms with Crippen LogP contribution in [0.4, 0.5) is 24.5 Å². The molecule has 0 saturated carbocycles. The molecule has 0 unspecified atom stereocenters. The van der Waals surface area contributed by atoms with Crippen LogP contribution in [0.2, 0.25) is 0 Å². The van der Waals surface area contributed by atoms with Gasteiger partial charge in [0.2, 0.25) is 0 Å². The smallest absolute Gasteiger partial charge is 0.368 e. The highest BCUT2D eigenvalue weighted by atomic mass is 19.4. The predicted molar refractivity (Wildman–Crippen MR) is 94.0 cm³/mol. The molecular weight excluding hydrogens is 341 g/mol. The van der Waals surface area contributed by atoms with E-state index in [1.165, 1.54) is 6.07 Å². The molecule has 1 atom stereocenters. The van der Waals surface area contributed by atoms with Crippen molar-refractivity contribution < 1.29 is 13.2 Å². The van der Waals surface area contributed by atoms with E-state index in [-0.39, 0.29) is 11.6 Å². The monoisotopic (exact) mass is 360 g/mol. The zero-order chi connectivity index (χ0) is 18.7. The standard InChI is InChI=1S/C19H19F3N4/c1-2-26(15-6-5-14(11-23)18(10-15)19(20,21)22)17-7-9-25(13-17)16-4-3-8-24-12-16/h3-6,8,10,12,17H,2,7,9,13H2,1H3/t17-/m1/s1. The highest BCUT2D eigenvalue weighted by Gasteiger charge is 2.35. The Bertz CT molecular complexity index is 799. The van der Waals surface area contributed by atoms with Crippen LogP contribution in [0.25, 0.3) is 0 Å². The number of rotatable bonds is 4. The molecule has 0 bridgehead atoms. The Morgan fingerprint density at radius 3 is 2.77 bits per heavy atom. The Morgan fingerprint density at radius 1 is 1.35 bits per heavy atom. The Morgan fingerprint density at radius 2 is 2.15 bits per heavy atom. The molecule has 1 aromatic heterocycles. The number of alkyl halides is 3. The Kier molecular flexibility index (Phi) is 5.03. The average molecular weight is 360 g/mol. The minimum Gasteiger partial charge on any atom is -0.368 e. The van der Waals surface area contributed by atoms with Gasteiger partial charge in [-0.2, -0.15) is 18.4 Å². The summed E-state index contributed by atoms with van der Waals surface area (Å²) in [6.07, 6.45) is -0.186. The lowest BCUT2D eigenvalue weighted by Gasteiger charge is -2.31. The van der Waals surface area contributed by atoms with Gasteiger partial charge in [-0.05, 0) is 43.7 Å². The van der Waals surface area contributed by atoms with E-state index < -0.39 is 11.7 Å². The Balaban J connectivity index is 1.85. The minimum absolute atomic E-state index is 0.106. The van der Waals surface area contributed by atoms with Crippen molar-refractivity contribution in [2.24, 2.45) is 0 Å². The molecule has 0 amide bonds. The maximum atomic E-state index is 13.3. The van der Waals surface area contributed by atoms with Crippen molar-refractivity contribution in [3.63, 3.8) is 0 Å². The first-order chi connectivity index (χ1) is 12.4. The Labute approximate surface area is 150 Å². The first-order valence-corrected chi connectivity index (χ1v) is 8.47. The van der Waals surface area contributed by atoms with E-state index >= 15 is 0 Å². The fourth-order valence-corrected chi connectivity index (χ4v) is 3.47. The minimum atomic E-state index is -4.54. The van der Waals surface area contributed by atoms with E-state index in [9.17, 15) is 13.2 Å². The summed E-state index contributed by atoms with van der Waals surface area (Å²) in [5, 5.41) is 8.96. The molecule has 2 heterocycles. The summed E-state index contributed by atoms with van der Waals surface area (Å²) in [6, 6.07) is 9.54. The third-order valence-corrected chi connectivity index (χ3v) is 4.72. The largest absolute Gasteiger partial charge is 0.417 e. The van der Waals surface area contributed by atoms with Crippen LogP contribution in [0.15, 0.2) is 42.7 Å². The van der Waals surface area contributed by atoms with Gasteiger partial charge in [0.15, 0.2) is 0 Å². The lowest BCUT2D eigenvalue weighted by molar-refractivity contribution is -0.137. The number of halogens is 3. The molecular formula is C19H19F3N4. The van der Waals surface area contributed by atoms with Crippen LogP contribution in [-0.2, 0) is 6.18 Å². The molecule has 7 heteroatoms. The average Bonchev–Trinajstić information content (AvgIpc) is 3.12. The number of benzene rings is 1. The molecule has 136 valence electrons. The molecule has 0 N–H and O–H groups in total. The Hall–Kier alpha value is -2.75. The predicted octanol–water partition coefficient (Wildman–Crippen LogP) is 4.08. The summed E-state index contributed by atoms with van der Waals surface area (Å²) in [6.45, 7) is 4.07. The van der Waals surface area contributed by atoms with Crippen molar-refractivity contribution in [3.05, 3.63) is 53.9 Å². The third kappa shape index (κ3) is 3.59. The van der Waals surface area contributed by atoms with Crippen molar-refractivity contribution >= 4 is 11.4 Å². The number of hydrogen-bond donors (Lipinski definition) is 0. The zero-order valence-electron chi connectivity index (χ0n) is 14.4. The third-order valence-electron chi connectivity index (χ3n) is 4.72. The van der Waals surface area contributed by atoms with E-state index in [4.69, 9.17) is 5.26 Å². The molecule has 0 spiro atoms. The topological polar surface area (TPSA) is 43.2 Å². The molecule has 2 aromatic rings. The van der Waals surface area contributed by atoms with Gasteiger partial charge in [-0.3, -0.25) is 4.98 Å². The van der Waals surface area contributed by atoms with Crippen LogP contribution in [-0.4, -0.2) is 30.7 Å². The van der Waals surface area contributed by atoms with Gasteiger partial charge in [0.25, 0.3) is 0 Å². The number of nitrogens with zero attached hydrogens (tertiary/aromatic N) is 4. The lowest BCUT2D eigenvalue weighted by atomic mass is 10.1. The van der Waals surface area contributed by atoms with Gasteiger partial charge in [0.05, 0.1) is 29.1 Å². The second-order valence-corrected chi connectivity index (χ2v) is 6.23. The number of hydrogen-bond acceptors (Lipinski definition) is 4. The quantitative estimate of drug-likeness (QED) is 0.824. The summed E-state index contributed by atoms with van der Waals surface area (Å²) in [7, 11) is 0. The van der Waals surface area contributed by atoms with Crippen molar-refractivity contribution in [2.45, 2.75) is 25.6 Å². The fraction of sp³-hybridized carbons (Fsp3) is 0.368. The summed E-state index contributed by atoms with van der Waals surface area (Å²) in [5.74, 6) is 0. The van der Waals surface area contributed by atoms with Crippen molar-refractivity contribution in [1.82, 2.24) is 4.98 Å². The van der Waals surface area contributed by atoms with Crippen molar-refractivity contribution in [1.29, 1.82) is 5.26 Å². The first-order valence-electron chi connectivity index (χ1n) is 8.47. The SMILES string of the molecule is CCN(c1ccc(C#N)c(C(F)(F)F)c1)[C@@H]1CCN(c2cccnc2)C1. The lowest BCUT2D eigenvalue weighted by Crippen LogP contribution is -2.37. The molecule has 4 nitrogen and oxygen atoms in total. The summed E-state index contributed by atoms with van der Waals surface area (Å²) >= 11 is 0. The number of nitriles is 1. The molecule has 1 aliphatic rings. The number of anilines is 2. The van der Waals surface area contributed by atoms with Crippen LogP contribution in [0.1, 0.15) is 24.5 Å². The number of pyridine rings is 1. The second-order valence-electron chi connectivity index (χ2n) is 6.23. The molecule has 1 aromatic carbocycles. The number of aromatic nitrogens is 1. The highest BCUT2D eigenvalue weighted by Crippen LogP contribution is 2.35. The van der Waals surface area contributed by atoms with E-state index in [2.05, 4.69) is 9.88 Å². The van der Waals surface area contributed by atoms with Gasteiger partial charge in [0.1, 0.15) is 0 Å². The molecule has 0 aliphatic carbocycles. The maximum Gasteiger partial charge on any atom is 0.417 e. The molecule has 3 rings (SSSR count). The summed E-state index contributed by atoms with van der Waals surface area (Å²) < 4.78 is 39.8. The van der Waals surface area contributed by atoms with Crippen LogP contribution in [0.3, 0.4) is 0 Å². The normalized spacial score (nSPS) is 17.2. The zero-order valence-corrected chi connectivity index (χ0v) is 14.4. The van der Waals surface area contributed by atoms with Gasteiger partial charge >= 0.3 is 6.18 Å². The highest BCUT2D eigenvalue weighted by molar-refractivity contribution is 5.56. The van der Waals surface area contributed by atoms with E-state index in [0.29, 0.717) is 12.2 Å². The van der Waals surface area contributed by atoms with Crippen LogP contribution < -0.4 is 9.80 Å². The molecule has 0 radical (unpaired) electrons. The fourth-order valence-electron chi connectivity index (χ4n) is 3.47. The molecule has 1 saturated heterocycles. The van der Waals surface area contributed by atoms with Crippen LogP contribution in [0.5, 0.6) is 0 Å². The summed E-state index contributed by atoms with van der Waals surface area (Å²) in [4.78, 5) is 8.29. The second kappa shape index (κ2) is 7.24. The first kappa shape index (κ1) is 18.1. The van der Waals surface area contributed by atoms with Crippen molar-refractivity contribution in [2.75, 3.05) is 29.4 Å².